The molecule has 5 rings (SSSR count). The van der Waals surface area contributed by atoms with Crippen molar-refractivity contribution in [2.45, 2.75) is 32.2 Å². The van der Waals surface area contributed by atoms with E-state index < -0.39 is 5.82 Å². The van der Waals surface area contributed by atoms with Crippen LogP contribution in [0.1, 0.15) is 30.4 Å². The molecule has 8 heteroatoms. The number of halogens is 1. The normalized spacial score (nSPS) is 14.3. The summed E-state index contributed by atoms with van der Waals surface area (Å²) in [4.78, 5) is 19.5. The van der Waals surface area contributed by atoms with Crippen LogP contribution in [0.15, 0.2) is 65.2 Å². The highest BCUT2D eigenvalue weighted by Gasteiger charge is 2.27. The number of amides is 1. The summed E-state index contributed by atoms with van der Waals surface area (Å²) < 4.78 is 26.5. The molecule has 0 unspecified atom stereocenters. The Bertz CT molecular complexity index is 1320. The molecule has 1 saturated heterocycles. The first-order valence-corrected chi connectivity index (χ1v) is 11.7. The number of oxazole rings is 1. The molecule has 0 radical (unpaired) electrons. The summed E-state index contributed by atoms with van der Waals surface area (Å²) in [5.41, 5.74) is 3.13. The lowest BCUT2D eigenvalue weighted by molar-refractivity contribution is -0.133. The summed E-state index contributed by atoms with van der Waals surface area (Å²) in [6, 6.07) is 16.4. The molecule has 0 aliphatic carbocycles. The highest BCUT2D eigenvalue weighted by Crippen LogP contribution is 2.31. The molecule has 2 aromatic carbocycles. The van der Waals surface area contributed by atoms with Gasteiger partial charge in [-0.25, -0.2) is 9.37 Å². The Morgan fingerprint density at radius 2 is 1.89 bits per heavy atom. The summed E-state index contributed by atoms with van der Waals surface area (Å²) in [7, 11) is 1.43. The average Bonchev–Trinajstić information content (AvgIpc) is 3.51. The Hall–Kier alpha value is -3.94. The fourth-order valence-corrected chi connectivity index (χ4v) is 4.50. The minimum absolute atomic E-state index is 0.00977. The summed E-state index contributed by atoms with van der Waals surface area (Å²) in [6.45, 7) is 3.30. The van der Waals surface area contributed by atoms with Crippen LogP contribution in [0.2, 0.25) is 0 Å². The van der Waals surface area contributed by atoms with E-state index in [4.69, 9.17) is 14.3 Å². The van der Waals surface area contributed by atoms with Crippen molar-refractivity contribution in [2.75, 3.05) is 20.2 Å². The number of hydrogen-bond donors (Lipinski definition) is 0. The van der Waals surface area contributed by atoms with E-state index in [2.05, 4.69) is 4.98 Å². The molecule has 2 aromatic heterocycles. The van der Waals surface area contributed by atoms with Crippen molar-refractivity contribution in [1.29, 1.82) is 0 Å². The number of aromatic nitrogens is 3. The highest BCUT2D eigenvalue weighted by atomic mass is 19.1. The highest BCUT2D eigenvalue weighted by molar-refractivity contribution is 5.78. The number of benzene rings is 2. The van der Waals surface area contributed by atoms with Crippen molar-refractivity contribution in [3.63, 3.8) is 0 Å². The van der Waals surface area contributed by atoms with E-state index in [1.165, 1.54) is 13.2 Å². The van der Waals surface area contributed by atoms with E-state index in [9.17, 15) is 9.18 Å². The lowest BCUT2D eigenvalue weighted by Crippen LogP contribution is -2.40. The van der Waals surface area contributed by atoms with Gasteiger partial charge in [0.15, 0.2) is 17.5 Å². The van der Waals surface area contributed by atoms with Gasteiger partial charge in [0.1, 0.15) is 12.3 Å². The third-order valence-electron chi connectivity index (χ3n) is 6.42. The molecule has 0 N–H and O–H groups in total. The number of aryl methyl sites for hydroxylation is 1. The van der Waals surface area contributed by atoms with Gasteiger partial charge >= 0.3 is 0 Å². The predicted molar refractivity (Wildman–Crippen MR) is 129 cm³/mol. The fourth-order valence-electron chi connectivity index (χ4n) is 4.50. The molecular weight excluding hydrogens is 447 g/mol. The van der Waals surface area contributed by atoms with Gasteiger partial charge in [-0.2, -0.15) is 5.10 Å². The molecule has 1 aliphatic rings. The molecule has 0 bridgehead atoms. The number of hydrogen-bond acceptors (Lipinski definition) is 5. The second-order valence-electron chi connectivity index (χ2n) is 8.75. The number of rotatable bonds is 6. The first-order valence-electron chi connectivity index (χ1n) is 11.7. The standard InChI is InChI=1S/C27H27FN4O3/c1-18-16-29-27(35-18)20-10-12-31(13-11-20)26(33)17-32-24(19-6-4-3-5-7-19)15-23(30-32)21-8-9-22(28)25(14-21)34-2/h3-9,14-16,20H,10-13,17H2,1-2H3. The second kappa shape index (κ2) is 9.74. The van der Waals surface area contributed by atoms with E-state index in [-0.39, 0.29) is 24.1 Å². The maximum Gasteiger partial charge on any atom is 0.244 e. The zero-order valence-corrected chi connectivity index (χ0v) is 19.8. The number of nitrogens with zero attached hydrogens (tertiary/aromatic N) is 4. The van der Waals surface area contributed by atoms with Crippen LogP contribution in [0.5, 0.6) is 5.75 Å². The number of carbonyl (C=O) groups excluding carboxylic acids is 1. The van der Waals surface area contributed by atoms with E-state index in [1.54, 1.807) is 23.0 Å². The van der Waals surface area contributed by atoms with Gasteiger partial charge in [-0.05, 0) is 49.6 Å². The predicted octanol–water partition coefficient (Wildman–Crippen LogP) is 5.07. The SMILES string of the molecule is COc1cc(-c2cc(-c3ccccc3)n(CC(=O)N3CCC(c4ncc(C)o4)CC3)n2)ccc1F. The van der Waals surface area contributed by atoms with Crippen LogP contribution < -0.4 is 4.74 Å². The minimum atomic E-state index is -0.433. The smallest absolute Gasteiger partial charge is 0.244 e. The molecule has 4 aromatic rings. The second-order valence-corrected chi connectivity index (χ2v) is 8.75. The van der Waals surface area contributed by atoms with Crippen molar-refractivity contribution in [3.8, 4) is 28.3 Å². The summed E-state index contributed by atoms with van der Waals surface area (Å²) in [5, 5.41) is 4.73. The number of carbonyl (C=O) groups is 1. The average molecular weight is 475 g/mol. The quantitative estimate of drug-likeness (QED) is 0.390. The number of methoxy groups -OCH3 is 1. The van der Waals surface area contributed by atoms with Gasteiger partial charge in [-0.15, -0.1) is 0 Å². The molecule has 1 aliphatic heterocycles. The molecule has 3 heterocycles. The molecule has 0 spiro atoms. The van der Waals surface area contributed by atoms with E-state index in [0.717, 1.165) is 35.7 Å². The van der Waals surface area contributed by atoms with Gasteiger partial charge in [0.05, 0.1) is 24.7 Å². The first kappa shape index (κ1) is 22.8. The summed E-state index contributed by atoms with van der Waals surface area (Å²) in [6.07, 6.45) is 3.37. The van der Waals surface area contributed by atoms with E-state index >= 15 is 0 Å². The first-order chi connectivity index (χ1) is 17.0. The van der Waals surface area contributed by atoms with Crippen LogP contribution in [-0.2, 0) is 11.3 Å². The largest absolute Gasteiger partial charge is 0.494 e. The maximum absolute atomic E-state index is 13.9. The van der Waals surface area contributed by atoms with Gasteiger partial charge < -0.3 is 14.1 Å². The van der Waals surface area contributed by atoms with Crippen molar-refractivity contribution < 1.29 is 18.3 Å². The van der Waals surface area contributed by atoms with Gasteiger partial charge in [-0.3, -0.25) is 9.48 Å². The fraction of sp³-hybridized carbons (Fsp3) is 0.296. The van der Waals surface area contributed by atoms with Gasteiger partial charge in [-0.1, -0.05) is 30.3 Å². The molecule has 1 amide bonds. The van der Waals surface area contributed by atoms with Crippen molar-refractivity contribution in [3.05, 3.63) is 78.3 Å². The molecule has 1 fully saturated rings. The number of likely N-dealkylation sites (tertiary alicyclic amines) is 1. The van der Waals surface area contributed by atoms with Crippen LogP contribution in [0.4, 0.5) is 4.39 Å². The number of piperidine rings is 1. The summed E-state index contributed by atoms with van der Waals surface area (Å²) >= 11 is 0. The Morgan fingerprint density at radius 1 is 1.11 bits per heavy atom. The zero-order chi connectivity index (χ0) is 24.4. The molecule has 0 atom stereocenters. The zero-order valence-electron chi connectivity index (χ0n) is 19.8. The van der Waals surface area contributed by atoms with Crippen molar-refractivity contribution >= 4 is 5.91 Å². The van der Waals surface area contributed by atoms with E-state index in [1.807, 2.05) is 48.2 Å². The monoisotopic (exact) mass is 474 g/mol. The van der Waals surface area contributed by atoms with Gasteiger partial charge in [0.25, 0.3) is 0 Å². The van der Waals surface area contributed by atoms with Crippen LogP contribution in [0.25, 0.3) is 22.5 Å². The number of ether oxygens (including phenoxy) is 1. The molecule has 180 valence electrons. The van der Waals surface area contributed by atoms with Crippen LogP contribution in [0, 0.1) is 12.7 Å². The lowest BCUT2D eigenvalue weighted by atomic mass is 9.97. The van der Waals surface area contributed by atoms with Gasteiger partial charge in [0.2, 0.25) is 5.91 Å². The van der Waals surface area contributed by atoms with Crippen molar-refractivity contribution in [1.82, 2.24) is 19.7 Å². The third kappa shape index (κ3) is 4.82. The van der Waals surface area contributed by atoms with Crippen LogP contribution in [0.3, 0.4) is 0 Å². The Morgan fingerprint density at radius 3 is 2.57 bits per heavy atom. The van der Waals surface area contributed by atoms with E-state index in [0.29, 0.717) is 24.3 Å². The topological polar surface area (TPSA) is 73.4 Å². The Labute approximate surface area is 203 Å². The molecular formula is C27H27FN4O3. The minimum Gasteiger partial charge on any atom is -0.494 e. The summed E-state index contributed by atoms with van der Waals surface area (Å²) in [5.74, 6) is 1.52. The Balaban J connectivity index is 1.37. The maximum atomic E-state index is 13.9. The molecule has 7 nitrogen and oxygen atoms in total. The third-order valence-corrected chi connectivity index (χ3v) is 6.42. The lowest BCUT2D eigenvalue weighted by Gasteiger charge is -2.30. The molecule has 35 heavy (non-hydrogen) atoms. The van der Waals surface area contributed by atoms with Gasteiger partial charge in [0, 0.05) is 24.6 Å². The van der Waals surface area contributed by atoms with Crippen LogP contribution >= 0.6 is 0 Å². The Kier molecular flexibility index (Phi) is 6.35. The van der Waals surface area contributed by atoms with Crippen LogP contribution in [-0.4, -0.2) is 45.8 Å². The van der Waals surface area contributed by atoms with Crippen molar-refractivity contribution in [2.24, 2.45) is 0 Å². The molecule has 0 saturated carbocycles.